The highest BCUT2D eigenvalue weighted by Crippen LogP contribution is 2.31. The number of pyridine rings is 2. The first kappa shape index (κ1) is 21.9. The number of carbonyl (C=O) groups excluding carboxylic acids is 2. The van der Waals surface area contributed by atoms with Crippen LogP contribution in [0, 0.1) is 11.6 Å². The van der Waals surface area contributed by atoms with Gasteiger partial charge in [-0.2, -0.15) is 0 Å². The Bertz CT molecular complexity index is 1150. The zero-order valence-electron chi connectivity index (χ0n) is 15.9. The molecule has 3 aromatic rings. The highest BCUT2D eigenvalue weighted by atomic mass is 32.2. The number of anilines is 4. The summed E-state index contributed by atoms with van der Waals surface area (Å²) in [5, 5.41) is 4.72. The minimum atomic E-state index is -2.76. The van der Waals surface area contributed by atoms with Crippen molar-refractivity contribution >= 4 is 46.1 Å². The summed E-state index contributed by atoms with van der Waals surface area (Å²) in [5.74, 6) is -3.88. The van der Waals surface area contributed by atoms with Crippen molar-refractivity contribution in [2.75, 3.05) is 14.9 Å². The molecule has 31 heavy (non-hydrogen) atoms. The van der Waals surface area contributed by atoms with E-state index in [2.05, 4.69) is 20.6 Å². The second-order valence-corrected chi connectivity index (χ2v) is 6.86. The molecule has 2 aromatic heterocycles. The van der Waals surface area contributed by atoms with E-state index < -0.39 is 40.1 Å². The van der Waals surface area contributed by atoms with Gasteiger partial charge in [-0.15, -0.1) is 0 Å². The molecule has 160 valence electrons. The summed E-state index contributed by atoms with van der Waals surface area (Å²) >= 11 is -2.76. The van der Waals surface area contributed by atoms with Crippen LogP contribution in [0.2, 0.25) is 0 Å². The molecule has 0 radical (unpaired) electrons. The first-order chi connectivity index (χ1) is 14.8. The van der Waals surface area contributed by atoms with Crippen molar-refractivity contribution < 1.29 is 27.1 Å². The molecule has 1 atom stereocenters. The van der Waals surface area contributed by atoms with Gasteiger partial charge in [-0.25, -0.2) is 27.3 Å². The molecule has 12 heteroatoms. The van der Waals surface area contributed by atoms with Crippen LogP contribution >= 0.6 is 0 Å². The minimum Gasteiger partial charge on any atom is -0.320 e. The van der Waals surface area contributed by atoms with E-state index in [1.54, 1.807) is 6.07 Å². The Hall–Kier alpha value is -3.77. The van der Waals surface area contributed by atoms with E-state index in [-0.39, 0.29) is 23.2 Å². The normalized spacial score (nSPS) is 11.5. The van der Waals surface area contributed by atoms with Crippen molar-refractivity contribution in [3.63, 3.8) is 0 Å². The van der Waals surface area contributed by atoms with Crippen molar-refractivity contribution in [2.24, 2.45) is 0 Å². The quantitative estimate of drug-likeness (QED) is 0.499. The van der Waals surface area contributed by atoms with E-state index in [0.29, 0.717) is 4.31 Å². The van der Waals surface area contributed by atoms with Gasteiger partial charge in [0.2, 0.25) is 5.91 Å². The van der Waals surface area contributed by atoms with Crippen LogP contribution in [0.1, 0.15) is 17.3 Å². The molecular formula is C19H15F2N5O4S. The number of nitrogens with zero attached hydrogens (tertiary/aromatic N) is 3. The van der Waals surface area contributed by atoms with Crippen LogP contribution in [-0.4, -0.2) is 30.5 Å². The van der Waals surface area contributed by atoms with E-state index in [4.69, 9.17) is 0 Å². The monoisotopic (exact) mass is 447 g/mol. The van der Waals surface area contributed by atoms with E-state index in [0.717, 1.165) is 12.1 Å². The number of aromatic nitrogens is 2. The number of hydrogen-bond acceptors (Lipinski definition) is 5. The average Bonchev–Trinajstić information content (AvgIpc) is 2.71. The van der Waals surface area contributed by atoms with Gasteiger partial charge in [0.15, 0.2) is 5.82 Å². The van der Waals surface area contributed by atoms with Crippen LogP contribution in [0.15, 0.2) is 54.9 Å². The van der Waals surface area contributed by atoms with Crippen LogP contribution < -0.4 is 14.9 Å². The molecule has 3 N–H and O–H groups in total. The lowest BCUT2D eigenvalue weighted by atomic mass is 10.1. The molecule has 0 bridgehead atoms. The topological polar surface area (TPSA) is 125 Å². The predicted molar refractivity (Wildman–Crippen MR) is 110 cm³/mol. The summed E-state index contributed by atoms with van der Waals surface area (Å²) in [6.45, 7) is 1.30. The third-order valence-corrected chi connectivity index (χ3v) is 4.55. The van der Waals surface area contributed by atoms with E-state index in [1.807, 2.05) is 0 Å². The van der Waals surface area contributed by atoms with Crippen molar-refractivity contribution in [3.8, 4) is 0 Å². The molecular weight excluding hydrogens is 432 g/mol. The molecule has 3 rings (SSSR count). The molecule has 1 unspecified atom stereocenters. The van der Waals surface area contributed by atoms with E-state index >= 15 is 4.39 Å². The lowest BCUT2D eigenvalue weighted by molar-refractivity contribution is -0.114. The van der Waals surface area contributed by atoms with Crippen LogP contribution in [0.3, 0.4) is 0 Å². The number of rotatable bonds is 6. The summed E-state index contributed by atoms with van der Waals surface area (Å²) in [4.78, 5) is 31.3. The predicted octanol–water partition coefficient (Wildman–Crippen LogP) is 3.24. The second kappa shape index (κ2) is 9.36. The van der Waals surface area contributed by atoms with Gasteiger partial charge in [-0.1, -0.05) is 6.07 Å². The van der Waals surface area contributed by atoms with Gasteiger partial charge >= 0.3 is 0 Å². The van der Waals surface area contributed by atoms with Crippen LogP contribution in [0.25, 0.3) is 0 Å². The first-order valence-corrected chi connectivity index (χ1v) is 9.69. The van der Waals surface area contributed by atoms with Gasteiger partial charge in [0.1, 0.15) is 23.0 Å². The molecule has 0 spiro atoms. The Labute approximate surface area is 177 Å². The van der Waals surface area contributed by atoms with Crippen molar-refractivity contribution in [1.82, 2.24) is 9.97 Å². The SMILES string of the molecule is CC(=O)Nc1ccc(NC(=O)c2c(F)ccc(N(c3ccccn3)S(=O)O)c2F)cn1. The Morgan fingerprint density at radius 1 is 1.06 bits per heavy atom. The molecule has 9 nitrogen and oxygen atoms in total. The van der Waals surface area contributed by atoms with Gasteiger partial charge in [0.25, 0.3) is 17.2 Å². The number of carbonyl (C=O) groups is 2. The van der Waals surface area contributed by atoms with Gasteiger partial charge in [0, 0.05) is 13.1 Å². The fourth-order valence-electron chi connectivity index (χ4n) is 2.58. The zero-order chi connectivity index (χ0) is 22.5. The van der Waals surface area contributed by atoms with Crippen molar-refractivity contribution in [1.29, 1.82) is 0 Å². The fraction of sp³-hybridized carbons (Fsp3) is 0.0526. The molecule has 0 aliphatic carbocycles. The third-order valence-electron chi connectivity index (χ3n) is 3.86. The summed E-state index contributed by atoms with van der Waals surface area (Å²) in [7, 11) is 0. The molecule has 2 heterocycles. The Morgan fingerprint density at radius 3 is 2.42 bits per heavy atom. The minimum absolute atomic E-state index is 0.0852. The maximum Gasteiger partial charge on any atom is 0.267 e. The molecule has 0 aliphatic heterocycles. The summed E-state index contributed by atoms with van der Waals surface area (Å²) in [5.41, 5.74) is -1.38. The van der Waals surface area contributed by atoms with Crippen molar-refractivity contribution in [2.45, 2.75) is 6.92 Å². The molecule has 0 saturated carbocycles. The van der Waals surface area contributed by atoms with E-state index in [1.165, 1.54) is 43.6 Å². The average molecular weight is 447 g/mol. The Kier molecular flexibility index (Phi) is 6.62. The summed E-state index contributed by atoms with van der Waals surface area (Å²) in [6, 6.07) is 8.89. The largest absolute Gasteiger partial charge is 0.320 e. The molecule has 0 fully saturated rings. The van der Waals surface area contributed by atoms with Crippen LogP contribution in [0.4, 0.5) is 31.8 Å². The lowest BCUT2D eigenvalue weighted by Gasteiger charge is -2.20. The smallest absolute Gasteiger partial charge is 0.267 e. The number of amides is 2. The number of nitrogens with one attached hydrogen (secondary N) is 2. The summed E-state index contributed by atoms with van der Waals surface area (Å²) in [6.07, 6.45) is 2.51. The molecule has 1 aromatic carbocycles. The van der Waals surface area contributed by atoms with Gasteiger partial charge in [-0.3, -0.25) is 14.1 Å². The second-order valence-electron chi connectivity index (χ2n) is 6.04. The van der Waals surface area contributed by atoms with Gasteiger partial charge < -0.3 is 10.6 Å². The molecule has 0 aliphatic rings. The molecule has 0 saturated heterocycles. The van der Waals surface area contributed by atoms with Gasteiger partial charge in [-0.05, 0) is 36.4 Å². The number of hydrogen-bond donors (Lipinski definition) is 3. The van der Waals surface area contributed by atoms with Gasteiger partial charge in [0.05, 0.1) is 17.6 Å². The Morgan fingerprint density at radius 2 is 1.84 bits per heavy atom. The Balaban J connectivity index is 1.93. The highest BCUT2D eigenvalue weighted by molar-refractivity contribution is 7.81. The van der Waals surface area contributed by atoms with Crippen LogP contribution in [-0.2, 0) is 16.1 Å². The van der Waals surface area contributed by atoms with Crippen LogP contribution in [0.5, 0.6) is 0 Å². The zero-order valence-corrected chi connectivity index (χ0v) is 16.7. The first-order valence-electron chi connectivity index (χ1n) is 8.63. The van der Waals surface area contributed by atoms with Crippen molar-refractivity contribution in [3.05, 3.63) is 72.1 Å². The summed E-state index contributed by atoms with van der Waals surface area (Å²) < 4.78 is 51.5. The van der Waals surface area contributed by atoms with E-state index in [9.17, 15) is 22.7 Å². The highest BCUT2D eigenvalue weighted by Gasteiger charge is 2.27. The standard InChI is InChI=1S/C19H15F2N5O4S/c1-11(27)24-15-8-5-12(10-23-15)25-19(28)17-13(20)6-7-14(18(17)21)26(31(29)30)16-4-2-3-9-22-16/h2-10H,1H3,(H,25,28)(H,29,30)(H,23,24,27). The number of halogens is 2. The fourth-order valence-corrected chi connectivity index (χ4v) is 3.16. The maximum absolute atomic E-state index is 15.1. The molecule has 2 amide bonds. The lowest BCUT2D eigenvalue weighted by Crippen LogP contribution is -2.24. The third kappa shape index (κ3) is 5.05. The maximum atomic E-state index is 15.1. The number of benzene rings is 1.